The minimum Gasteiger partial charge on any atom is -0.494 e. The first kappa shape index (κ1) is 21.2. The van der Waals surface area contributed by atoms with Crippen molar-refractivity contribution >= 4 is 17.7 Å². The lowest BCUT2D eigenvalue weighted by Crippen LogP contribution is -2.43. The van der Waals surface area contributed by atoms with Crippen LogP contribution in [0.3, 0.4) is 0 Å². The predicted octanol–water partition coefficient (Wildman–Crippen LogP) is 2.95. The van der Waals surface area contributed by atoms with Gasteiger partial charge in [-0.25, -0.2) is 4.79 Å². The van der Waals surface area contributed by atoms with E-state index in [9.17, 15) is 14.4 Å². The van der Waals surface area contributed by atoms with E-state index >= 15 is 0 Å². The molecule has 0 aliphatic carbocycles. The van der Waals surface area contributed by atoms with Gasteiger partial charge in [0, 0.05) is 18.4 Å². The third-order valence-electron chi connectivity index (χ3n) is 4.18. The molecule has 0 aromatic heterocycles. The number of carbonyl (C=O) groups is 3. The van der Waals surface area contributed by atoms with Crippen molar-refractivity contribution in [2.24, 2.45) is 0 Å². The number of ketones is 1. The Labute approximate surface area is 164 Å². The normalized spacial score (nSPS) is 11.4. The van der Waals surface area contributed by atoms with Gasteiger partial charge < -0.3 is 14.8 Å². The average molecular weight is 383 g/mol. The van der Waals surface area contributed by atoms with Gasteiger partial charge in [0.1, 0.15) is 11.8 Å². The highest BCUT2D eigenvalue weighted by molar-refractivity contribution is 5.94. The van der Waals surface area contributed by atoms with Gasteiger partial charge in [-0.3, -0.25) is 9.59 Å². The lowest BCUT2D eigenvalue weighted by atomic mass is 10.1. The molecule has 0 saturated heterocycles. The average Bonchev–Trinajstić information content (AvgIpc) is 2.71. The van der Waals surface area contributed by atoms with E-state index in [1.54, 1.807) is 24.3 Å². The Balaban J connectivity index is 1.77. The van der Waals surface area contributed by atoms with Gasteiger partial charge >= 0.3 is 5.97 Å². The van der Waals surface area contributed by atoms with Crippen molar-refractivity contribution in [1.82, 2.24) is 5.32 Å². The summed E-state index contributed by atoms with van der Waals surface area (Å²) in [6.07, 6.45) is 1.10. The third kappa shape index (κ3) is 6.87. The summed E-state index contributed by atoms with van der Waals surface area (Å²) in [5.74, 6) is -0.0679. The molecular weight excluding hydrogens is 358 g/mol. The lowest BCUT2D eigenvalue weighted by Gasteiger charge is -2.16. The van der Waals surface area contributed by atoms with Crippen LogP contribution in [0.2, 0.25) is 0 Å². The van der Waals surface area contributed by atoms with E-state index in [2.05, 4.69) is 5.32 Å². The number of hydrogen-bond donors (Lipinski definition) is 1. The highest BCUT2D eigenvalue weighted by Gasteiger charge is 2.21. The summed E-state index contributed by atoms with van der Waals surface area (Å²) in [6.45, 7) is 1.86. The molecule has 148 valence electrons. The Morgan fingerprint density at radius 1 is 1.00 bits per heavy atom. The quantitative estimate of drug-likeness (QED) is 0.388. The van der Waals surface area contributed by atoms with Crippen molar-refractivity contribution in [3.05, 3.63) is 65.7 Å². The molecule has 0 aliphatic heterocycles. The summed E-state index contributed by atoms with van der Waals surface area (Å²) in [5.41, 5.74) is 1.56. The molecule has 0 fully saturated rings. The van der Waals surface area contributed by atoms with Crippen molar-refractivity contribution in [3.63, 3.8) is 0 Å². The van der Waals surface area contributed by atoms with Crippen LogP contribution in [0.5, 0.6) is 5.75 Å². The summed E-state index contributed by atoms with van der Waals surface area (Å²) in [7, 11) is 1.30. The van der Waals surface area contributed by atoms with Gasteiger partial charge in [-0.1, -0.05) is 30.3 Å². The fourth-order valence-corrected chi connectivity index (χ4v) is 2.66. The topological polar surface area (TPSA) is 81.7 Å². The van der Waals surface area contributed by atoms with Crippen LogP contribution >= 0.6 is 0 Å². The molecule has 6 nitrogen and oxygen atoms in total. The van der Waals surface area contributed by atoms with Crippen molar-refractivity contribution in [1.29, 1.82) is 0 Å². The van der Waals surface area contributed by atoms with Gasteiger partial charge in [-0.2, -0.15) is 0 Å². The van der Waals surface area contributed by atoms with Gasteiger partial charge in [0.2, 0.25) is 5.91 Å². The van der Waals surface area contributed by atoms with E-state index in [0.717, 1.165) is 5.56 Å². The monoisotopic (exact) mass is 383 g/mol. The zero-order chi connectivity index (χ0) is 20.4. The highest BCUT2D eigenvalue weighted by Crippen LogP contribution is 2.13. The molecule has 2 rings (SSSR count). The molecule has 1 unspecified atom stereocenters. The number of carbonyl (C=O) groups excluding carboxylic acids is 3. The molecule has 0 bridgehead atoms. The Morgan fingerprint density at radius 2 is 1.68 bits per heavy atom. The number of hydrogen-bond acceptors (Lipinski definition) is 5. The van der Waals surface area contributed by atoms with E-state index in [-0.39, 0.29) is 18.1 Å². The number of esters is 1. The smallest absolute Gasteiger partial charge is 0.328 e. The lowest BCUT2D eigenvalue weighted by molar-refractivity contribution is -0.145. The van der Waals surface area contributed by atoms with Crippen molar-refractivity contribution in [2.75, 3.05) is 13.7 Å². The number of nitrogens with one attached hydrogen (secondary N) is 1. The van der Waals surface area contributed by atoms with Crippen molar-refractivity contribution < 1.29 is 23.9 Å². The zero-order valence-corrected chi connectivity index (χ0v) is 16.1. The van der Waals surface area contributed by atoms with Crippen molar-refractivity contribution in [2.45, 2.75) is 32.2 Å². The summed E-state index contributed by atoms with van der Waals surface area (Å²) < 4.78 is 10.4. The fourth-order valence-electron chi connectivity index (χ4n) is 2.66. The molecule has 1 atom stereocenters. The Bertz CT molecular complexity index is 786. The number of Topliss-reactive ketones (excluding diaryl/α,β-unsaturated/α-hetero) is 1. The first-order valence-electron chi connectivity index (χ1n) is 9.14. The maximum atomic E-state index is 12.2. The molecule has 0 radical (unpaired) electrons. The van der Waals surface area contributed by atoms with Gasteiger partial charge in [0.25, 0.3) is 0 Å². The number of rotatable bonds is 10. The molecule has 0 spiro atoms. The molecule has 2 aromatic rings. The molecule has 0 aliphatic rings. The van der Waals surface area contributed by atoms with E-state index in [1.807, 2.05) is 30.3 Å². The van der Waals surface area contributed by atoms with Crippen LogP contribution < -0.4 is 10.1 Å². The van der Waals surface area contributed by atoms with Crippen LogP contribution in [0.15, 0.2) is 54.6 Å². The predicted molar refractivity (Wildman–Crippen MR) is 105 cm³/mol. The maximum absolute atomic E-state index is 12.2. The van der Waals surface area contributed by atoms with Crippen LogP contribution in [-0.2, 0) is 20.7 Å². The Hall–Kier alpha value is -3.15. The molecule has 0 saturated carbocycles. The van der Waals surface area contributed by atoms with Crippen LogP contribution in [0, 0.1) is 0 Å². The zero-order valence-electron chi connectivity index (χ0n) is 16.1. The number of amides is 1. The molecule has 28 heavy (non-hydrogen) atoms. The van der Waals surface area contributed by atoms with E-state index in [4.69, 9.17) is 9.47 Å². The van der Waals surface area contributed by atoms with Gasteiger partial charge in [0.15, 0.2) is 5.78 Å². The molecule has 1 N–H and O–H groups in total. The molecular formula is C22H25NO5. The van der Waals surface area contributed by atoms with E-state index in [0.29, 0.717) is 30.8 Å². The largest absolute Gasteiger partial charge is 0.494 e. The van der Waals surface area contributed by atoms with Crippen LogP contribution in [0.1, 0.15) is 35.7 Å². The van der Waals surface area contributed by atoms with Crippen molar-refractivity contribution in [3.8, 4) is 5.75 Å². The summed E-state index contributed by atoms with van der Waals surface area (Å²) in [5, 5.41) is 2.73. The van der Waals surface area contributed by atoms with Gasteiger partial charge in [-0.05, 0) is 43.2 Å². The second-order valence-electron chi connectivity index (χ2n) is 6.37. The number of methoxy groups -OCH3 is 1. The second-order valence-corrected chi connectivity index (χ2v) is 6.37. The first-order chi connectivity index (χ1) is 13.5. The molecule has 6 heteroatoms. The highest BCUT2D eigenvalue weighted by atomic mass is 16.5. The number of ether oxygens (including phenoxy) is 2. The van der Waals surface area contributed by atoms with Gasteiger partial charge in [0.05, 0.1) is 13.7 Å². The molecule has 0 heterocycles. The Kier molecular flexibility index (Phi) is 8.21. The third-order valence-corrected chi connectivity index (χ3v) is 4.18. The Morgan fingerprint density at radius 3 is 2.29 bits per heavy atom. The van der Waals surface area contributed by atoms with Crippen LogP contribution in [0.4, 0.5) is 0 Å². The minimum absolute atomic E-state index is 0.00103. The summed E-state index contributed by atoms with van der Waals surface area (Å²) in [6, 6.07) is 15.6. The summed E-state index contributed by atoms with van der Waals surface area (Å²) >= 11 is 0. The number of benzene rings is 2. The standard InChI is InChI=1S/C22H25NO5/c1-16(24)18-10-12-19(13-11-18)28-14-6-9-21(25)23-20(22(26)27-2)15-17-7-4-3-5-8-17/h3-5,7-8,10-13,20H,6,9,14-15H2,1-2H3,(H,23,25). The van der Waals surface area contributed by atoms with E-state index < -0.39 is 12.0 Å². The second kappa shape index (κ2) is 10.9. The minimum atomic E-state index is -0.722. The van der Waals surface area contributed by atoms with E-state index in [1.165, 1.54) is 14.0 Å². The molecule has 2 aromatic carbocycles. The fraction of sp³-hybridized carbons (Fsp3) is 0.318. The SMILES string of the molecule is COC(=O)C(Cc1ccccc1)NC(=O)CCCOc1ccc(C(C)=O)cc1. The van der Waals surface area contributed by atoms with Crippen LogP contribution in [-0.4, -0.2) is 37.4 Å². The first-order valence-corrected chi connectivity index (χ1v) is 9.14. The van der Waals surface area contributed by atoms with Gasteiger partial charge in [-0.15, -0.1) is 0 Å². The summed E-state index contributed by atoms with van der Waals surface area (Å²) in [4.78, 5) is 35.4. The van der Waals surface area contributed by atoms with Crippen LogP contribution in [0.25, 0.3) is 0 Å². The molecule has 1 amide bonds. The maximum Gasteiger partial charge on any atom is 0.328 e.